The van der Waals surface area contributed by atoms with Crippen LogP contribution in [-0.2, 0) is 0 Å². The number of rotatable bonds is 3. The van der Waals surface area contributed by atoms with Crippen molar-refractivity contribution in [2.75, 3.05) is 5.73 Å². The number of anilines is 1. The topological polar surface area (TPSA) is 81.2 Å². The van der Waals surface area contributed by atoms with Crippen molar-refractivity contribution in [1.82, 2.24) is 10.3 Å². The van der Waals surface area contributed by atoms with Gasteiger partial charge in [-0.25, -0.2) is 0 Å². The summed E-state index contributed by atoms with van der Waals surface area (Å²) in [6, 6.07) is 0.139. The van der Waals surface area contributed by atoms with Crippen LogP contribution in [0.1, 0.15) is 30.8 Å². The highest BCUT2D eigenvalue weighted by Crippen LogP contribution is 2.03. The number of nitrogens with zero attached hydrogens (tertiary/aromatic N) is 1. The van der Waals surface area contributed by atoms with E-state index < -0.39 is 0 Å². The Labute approximate surface area is 76.3 Å². The molecule has 5 heteroatoms. The molecule has 0 aliphatic carbocycles. The zero-order valence-corrected chi connectivity index (χ0v) is 7.70. The Kier molecular flexibility index (Phi) is 2.89. The SMILES string of the molecule is CCC(C)NC(=O)c1coc(N)n1. The summed E-state index contributed by atoms with van der Waals surface area (Å²) in [6.07, 6.45) is 2.12. The van der Waals surface area contributed by atoms with Crippen LogP contribution >= 0.6 is 0 Å². The van der Waals surface area contributed by atoms with Crippen molar-refractivity contribution in [2.45, 2.75) is 26.3 Å². The van der Waals surface area contributed by atoms with E-state index in [0.29, 0.717) is 0 Å². The largest absolute Gasteiger partial charge is 0.431 e. The molecule has 1 atom stereocenters. The third-order valence-electron chi connectivity index (χ3n) is 1.74. The number of oxazole rings is 1. The highest BCUT2D eigenvalue weighted by Gasteiger charge is 2.12. The van der Waals surface area contributed by atoms with E-state index in [1.54, 1.807) is 0 Å². The second kappa shape index (κ2) is 3.93. The number of hydrogen-bond acceptors (Lipinski definition) is 4. The Morgan fingerprint density at radius 1 is 1.85 bits per heavy atom. The molecule has 3 N–H and O–H groups in total. The van der Waals surface area contributed by atoms with Gasteiger partial charge in [0.15, 0.2) is 5.69 Å². The van der Waals surface area contributed by atoms with Crippen LogP contribution in [0.3, 0.4) is 0 Å². The van der Waals surface area contributed by atoms with Crippen molar-refractivity contribution in [3.63, 3.8) is 0 Å². The van der Waals surface area contributed by atoms with E-state index >= 15 is 0 Å². The molecule has 0 radical (unpaired) electrons. The fourth-order valence-electron chi connectivity index (χ4n) is 0.792. The van der Waals surface area contributed by atoms with Crippen LogP contribution in [0.4, 0.5) is 6.01 Å². The minimum atomic E-state index is -0.255. The smallest absolute Gasteiger partial charge is 0.292 e. The van der Waals surface area contributed by atoms with Gasteiger partial charge < -0.3 is 15.5 Å². The average Bonchev–Trinajstić information content (AvgIpc) is 2.51. The third kappa shape index (κ3) is 2.47. The van der Waals surface area contributed by atoms with Crippen LogP contribution < -0.4 is 11.1 Å². The van der Waals surface area contributed by atoms with E-state index in [2.05, 4.69) is 10.3 Å². The molecule has 13 heavy (non-hydrogen) atoms. The van der Waals surface area contributed by atoms with Gasteiger partial charge in [0.2, 0.25) is 0 Å². The van der Waals surface area contributed by atoms with E-state index in [4.69, 9.17) is 10.2 Å². The Morgan fingerprint density at radius 3 is 3.00 bits per heavy atom. The van der Waals surface area contributed by atoms with E-state index in [-0.39, 0.29) is 23.7 Å². The number of nitrogens with one attached hydrogen (secondary N) is 1. The molecule has 1 rings (SSSR count). The van der Waals surface area contributed by atoms with Crippen LogP contribution in [0, 0.1) is 0 Å². The molecule has 0 spiro atoms. The van der Waals surface area contributed by atoms with E-state index in [1.807, 2.05) is 13.8 Å². The summed E-state index contributed by atoms with van der Waals surface area (Å²) >= 11 is 0. The lowest BCUT2D eigenvalue weighted by molar-refractivity contribution is 0.0934. The van der Waals surface area contributed by atoms with E-state index in [0.717, 1.165) is 6.42 Å². The number of carbonyl (C=O) groups excluding carboxylic acids is 1. The fraction of sp³-hybridized carbons (Fsp3) is 0.500. The molecule has 0 saturated heterocycles. The van der Waals surface area contributed by atoms with Gasteiger partial charge in [-0.3, -0.25) is 4.79 Å². The van der Waals surface area contributed by atoms with Crippen molar-refractivity contribution in [1.29, 1.82) is 0 Å². The van der Waals surface area contributed by atoms with Crippen molar-refractivity contribution in [2.24, 2.45) is 0 Å². The Balaban J connectivity index is 2.58. The molecule has 5 nitrogen and oxygen atoms in total. The molecule has 1 heterocycles. The van der Waals surface area contributed by atoms with E-state index in [1.165, 1.54) is 6.26 Å². The summed E-state index contributed by atoms with van der Waals surface area (Å²) in [5.41, 5.74) is 5.44. The maximum atomic E-state index is 11.3. The second-order valence-corrected chi connectivity index (χ2v) is 2.85. The van der Waals surface area contributed by atoms with Crippen molar-refractivity contribution >= 4 is 11.9 Å². The summed E-state index contributed by atoms with van der Waals surface area (Å²) in [7, 11) is 0. The average molecular weight is 183 g/mol. The molecule has 1 aromatic heterocycles. The van der Waals surface area contributed by atoms with Gasteiger partial charge in [0.1, 0.15) is 6.26 Å². The maximum Gasteiger partial charge on any atom is 0.292 e. The van der Waals surface area contributed by atoms with Crippen molar-refractivity contribution in [3.05, 3.63) is 12.0 Å². The van der Waals surface area contributed by atoms with Gasteiger partial charge in [-0.2, -0.15) is 4.98 Å². The minimum Gasteiger partial charge on any atom is -0.431 e. The van der Waals surface area contributed by atoms with Crippen LogP contribution in [0.5, 0.6) is 0 Å². The first-order valence-electron chi connectivity index (χ1n) is 4.15. The number of aromatic nitrogens is 1. The first kappa shape index (κ1) is 9.57. The second-order valence-electron chi connectivity index (χ2n) is 2.85. The maximum absolute atomic E-state index is 11.3. The number of nitrogens with two attached hydrogens (primary N) is 1. The lowest BCUT2D eigenvalue weighted by Crippen LogP contribution is -2.32. The molecule has 1 unspecified atom stereocenters. The molecule has 1 aromatic rings. The van der Waals surface area contributed by atoms with Gasteiger partial charge in [-0.1, -0.05) is 6.92 Å². The van der Waals surface area contributed by atoms with Gasteiger partial charge >= 0.3 is 0 Å². The lowest BCUT2D eigenvalue weighted by Gasteiger charge is -2.08. The molecule has 0 aromatic carbocycles. The van der Waals surface area contributed by atoms with Crippen LogP contribution in [0.25, 0.3) is 0 Å². The fourth-order valence-corrected chi connectivity index (χ4v) is 0.792. The van der Waals surface area contributed by atoms with Crippen LogP contribution in [0.2, 0.25) is 0 Å². The van der Waals surface area contributed by atoms with Gasteiger partial charge in [0.05, 0.1) is 0 Å². The number of nitrogen functional groups attached to an aromatic ring is 1. The minimum absolute atomic E-state index is 0.00861. The highest BCUT2D eigenvalue weighted by atomic mass is 16.4. The lowest BCUT2D eigenvalue weighted by atomic mass is 10.2. The Bertz CT molecular complexity index is 295. The molecule has 0 saturated carbocycles. The summed E-state index contributed by atoms with van der Waals surface area (Å²) < 4.78 is 4.71. The quantitative estimate of drug-likeness (QED) is 0.725. The molecular formula is C8H13N3O2. The first-order chi connectivity index (χ1) is 6.13. The predicted molar refractivity (Wildman–Crippen MR) is 48.1 cm³/mol. The number of carbonyl (C=O) groups is 1. The standard InChI is InChI=1S/C8H13N3O2/c1-3-5(2)10-7(12)6-4-13-8(9)11-6/h4-5H,3H2,1-2H3,(H2,9,11)(H,10,12). The van der Waals surface area contributed by atoms with E-state index in [9.17, 15) is 4.79 Å². The van der Waals surface area contributed by atoms with Gasteiger partial charge in [0.25, 0.3) is 11.9 Å². The zero-order valence-electron chi connectivity index (χ0n) is 7.70. The van der Waals surface area contributed by atoms with Gasteiger partial charge in [-0.05, 0) is 13.3 Å². The summed E-state index contributed by atoms with van der Waals surface area (Å²) in [6.45, 7) is 3.91. The molecule has 0 fully saturated rings. The van der Waals surface area contributed by atoms with Gasteiger partial charge in [0, 0.05) is 6.04 Å². The van der Waals surface area contributed by atoms with Crippen molar-refractivity contribution in [3.8, 4) is 0 Å². The normalized spacial score (nSPS) is 12.5. The number of amides is 1. The molecule has 0 aliphatic heterocycles. The van der Waals surface area contributed by atoms with Gasteiger partial charge in [-0.15, -0.1) is 0 Å². The molecule has 72 valence electrons. The summed E-state index contributed by atoms with van der Waals surface area (Å²) in [5.74, 6) is -0.255. The Morgan fingerprint density at radius 2 is 2.54 bits per heavy atom. The van der Waals surface area contributed by atoms with Crippen LogP contribution in [-0.4, -0.2) is 16.9 Å². The number of hydrogen-bond donors (Lipinski definition) is 2. The summed E-state index contributed by atoms with van der Waals surface area (Å²) in [4.78, 5) is 15.0. The predicted octanol–water partition coefficient (Wildman–Crippen LogP) is 0.785. The monoisotopic (exact) mass is 183 g/mol. The van der Waals surface area contributed by atoms with Crippen molar-refractivity contribution < 1.29 is 9.21 Å². The Hall–Kier alpha value is -1.52. The highest BCUT2D eigenvalue weighted by molar-refractivity contribution is 5.92. The molecule has 0 aliphatic rings. The zero-order chi connectivity index (χ0) is 9.84. The molecule has 1 amide bonds. The van der Waals surface area contributed by atoms with Crippen LogP contribution in [0.15, 0.2) is 10.7 Å². The molecular weight excluding hydrogens is 170 g/mol. The summed E-state index contributed by atoms with van der Waals surface area (Å²) in [5, 5.41) is 2.74. The molecule has 0 bridgehead atoms. The first-order valence-corrected chi connectivity index (χ1v) is 4.15. The third-order valence-corrected chi connectivity index (χ3v) is 1.74.